The molecule has 0 aromatic heterocycles. The van der Waals surface area contributed by atoms with Crippen molar-refractivity contribution in [2.24, 2.45) is 0 Å². The number of fused-ring (bicyclic) bond motifs is 1. The van der Waals surface area contributed by atoms with Gasteiger partial charge in [-0.25, -0.2) is 9.80 Å². The largest absolute Gasteiger partial charge is 0.336 e. The first-order valence-corrected chi connectivity index (χ1v) is 13.2. The Balaban J connectivity index is 1.46. The molecule has 0 unspecified atom stereocenters. The second kappa shape index (κ2) is 12.0. The van der Waals surface area contributed by atoms with E-state index < -0.39 is 12.2 Å². The molecule has 2 aromatic carbocycles. The van der Waals surface area contributed by atoms with E-state index in [0.717, 1.165) is 17.1 Å². The summed E-state index contributed by atoms with van der Waals surface area (Å²) in [6, 6.07) is 18.8. The molecule has 8 nitrogen and oxygen atoms in total. The standard InChI is InChI=1S/C27H31N5O3S/c1-3-14-30-19-25(33)31-21(2)26(34)29(15-16-36-20-23-12-8-5-9-13-23)18-24(31)32(30)27(35)28-17-22-10-6-4-7-11-22/h1,4-13,21,24H,14-20H2,2H3,(H,28,35)/t21-,24-/m0/s1. The molecule has 0 bridgehead atoms. The van der Waals surface area contributed by atoms with Gasteiger partial charge in [-0.05, 0) is 18.1 Å². The zero-order valence-electron chi connectivity index (χ0n) is 20.4. The van der Waals surface area contributed by atoms with Crippen molar-refractivity contribution in [2.45, 2.75) is 31.4 Å². The van der Waals surface area contributed by atoms with E-state index in [1.165, 1.54) is 15.5 Å². The number of rotatable bonds is 8. The maximum absolute atomic E-state index is 13.4. The topological polar surface area (TPSA) is 76.2 Å². The molecule has 2 saturated heterocycles. The van der Waals surface area contributed by atoms with Gasteiger partial charge in [0.1, 0.15) is 12.2 Å². The SMILES string of the molecule is C#CCN1CC(=O)N2[C@@H](C)C(=O)N(CCSCc3ccccc3)C[C@@H]2N1C(=O)NCc1ccccc1. The Morgan fingerprint density at radius 2 is 1.75 bits per heavy atom. The van der Waals surface area contributed by atoms with Crippen LogP contribution in [0.2, 0.25) is 0 Å². The quantitative estimate of drug-likeness (QED) is 0.441. The number of nitrogens with one attached hydrogen (secondary N) is 1. The van der Waals surface area contributed by atoms with E-state index >= 15 is 0 Å². The summed E-state index contributed by atoms with van der Waals surface area (Å²) in [6.45, 7) is 2.91. The normalized spacial score (nSPS) is 20.2. The summed E-state index contributed by atoms with van der Waals surface area (Å²) in [6.07, 6.45) is 4.94. The molecule has 0 spiro atoms. The molecule has 2 aliphatic rings. The molecule has 1 N–H and O–H groups in total. The van der Waals surface area contributed by atoms with Crippen molar-refractivity contribution in [1.82, 2.24) is 25.1 Å². The average molecular weight is 506 g/mol. The number of thioether (sulfide) groups is 1. The number of carbonyl (C=O) groups excluding carboxylic acids is 3. The molecule has 2 aliphatic heterocycles. The number of urea groups is 1. The van der Waals surface area contributed by atoms with Crippen molar-refractivity contribution in [2.75, 3.05) is 31.9 Å². The highest BCUT2D eigenvalue weighted by molar-refractivity contribution is 7.98. The molecule has 188 valence electrons. The summed E-state index contributed by atoms with van der Waals surface area (Å²) in [5.74, 6) is 3.85. The molecular weight excluding hydrogens is 474 g/mol. The zero-order chi connectivity index (χ0) is 25.5. The fraction of sp³-hybridized carbons (Fsp3) is 0.370. The van der Waals surface area contributed by atoms with Gasteiger partial charge in [0.25, 0.3) is 0 Å². The Morgan fingerprint density at radius 1 is 1.08 bits per heavy atom. The molecule has 2 heterocycles. The van der Waals surface area contributed by atoms with Crippen molar-refractivity contribution >= 4 is 29.6 Å². The monoisotopic (exact) mass is 505 g/mol. The van der Waals surface area contributed by atoms with Crippen LogP contribution < -0.4 is 5.32 Å². The van der Waals surface area contributed by atoms with Gasteiger partial charge < -0.3 is 15.1 Å². The Bertz CT molecular complexity index is 1110. The highest BCUT2D eigenvalue weighted by Gasteiger charge is 2.49. The lowest BCUT2D eigenvalue weighted by atomic mass is 10.1. The van der Waals surface area contributed by atoms with Crippen LogP contribution in [0.5, 0.6) is 0 Å². The highest BCUT2D eigenvalue weighted by atomic mass is 32.2. The van der Waals surface area contributed by atoms with Crippen LogP contribution in [0.15, 0.2) is 60.7 Å². The summed E-state index contributed by atoms with van der Waals surface area (Å²) in [7, 11) is 0. The fourth-order valence-electron chi connectivity index (χ4n) is 4.59. The summed E-state index contributed by atoms with van der Waals surface area (Å²) in [4.78, 5) is 42.8. The molecule has 2 aromatic rings. The number of terminal acetylenes is 1. The first-order valence-electron chi connectivity index (χ1n) is 12.0. The van der Waals surface area contributed by atoms with E-state index in [0.29, 0.717) is 13.1 Å². The molecule has 0 radical (unpaired) electrons. The third-order valence-electron chi connectivity index (χ3n) is 6.37. The lowest BCUT2D eigenvalue weighted by Gasteiger charge is -2.54. The van der Waals surface area contributed by atoms with Gasteiger partial charge in [0.15, 0.2) is 0 Å². The molecule has 2 atom stereocenters. The molecule has 0 saturated carbocycles. The average Bonchev–Trinajstić information content (AvgIpc) is 2.89. The summed E-state index contributed by atoms with van der Waals surface area (Å²) in [5, 5.41) is 6.06. The van der Waals surface area contributed by atoms with Crippen LogP contribution >= 0.6 is 11.8 Å². The first-order chi connectivity index (χ1) is 17.5. The maximum Gasteiger partial charge on any atom is 0.334 e. The minimum absolute atomic E-state index is 0.0516. The zero-order valence-corrected chi connectivity index (χ0v) is 21.2. The summed E-state index contributed by atoms with van der Waals surface area (Å²) < 4.78 is 0. The molecule has 0 aliphatic carbocycles. The predicted octanol–water partition coefficient (Wildman–Crippen LogP) is 2.38. The van der Waals surface area contributed by atoms with Gasteiger partial charge in [-0.3, -0.25) is 9.59 Å². The number of hydrogen-bond donors (Lipinski definition) is 1. The van der Waals surface area contributed by atoms with Crippen LogP contribution in [0.3, 0.4) is 0 Å². The highest BCUT2D eigenvalue weighted by Crippen LogP contribution is 2.26. The third kappa shape index (κ3) is 5.83. The molecule has 4 amide bonds. The van der Waals surface area contributed by atoms with Gasteiger partial charge in [-0.15, -0.1) is 6.42 Å². The Labute approximate surface area is 216 Å². The van der Waals surface area contributed by atoms with Crippen molar-refractivity contribution in [3.8, 4) is 12.3 Å². The van der Waals surface area contributed by atoms with E-state index in [2.05, 4.69) is 23.4 Å². The van der Waals surface area contributed by atoms with Crippen molar-refractivity contribution in [3.05, 3.63) is 71.8 Å². The second-order valence-electron chi connectivity index (χ2n) is 8.80. The third-order valence-corrected chi connectivity index (χ3v) is 7.38. The van der Waals surface area contributed by atoms with Crippen LogP contribution in [0.1, 0.15) is 18.1 Å². The van der Waals surface area contributed by atoms with Gasteiger partial charge in [0.05, 0.1) is 19.6 Å². The Kier molecular flexibility index (Phi) is 8.52. The second-order valence-corrected chi connectivity index (χ2v) is 9.90. The fourth-order valence-corrected chi connectivity index (χ4v) is 5.51. The maximum atomic E-state index is 13.4. The van der Waals surface area contributed by atoms with Gasteiger partial charge in [0, 0.05) is 24.6 Å². The molecule has 9 heteroatoms. The van der Waals surface area contributed by atoms with Crippen LogP contribution in [-0.2, 0) is 21.9 Å². The van der Waals surface area contributed by atoms with E-state index in [-0.39, 0.29) is 37.5 Å². The number of carbonyl (C=O) groups is 3. The summed E-state index contributed by atoms with van der Waals surface area (Å²) in [5.41, 5.74) is 2.19. The molecule has 4 rings (SSSR count). The van der Waals surface area contributed by atoms with E-state index in [1.54, 1.807) is 28.6 Å². The number of piperazine rings is 1. The number of benzene rings is 2. The van der Waals surface area contributed by atoms with Crippen molar-refractivity contribution in [1.29, 1.82) is 0 Å². The first kappa shape index (κ1) is 25.6. The number of hydrogen-bond acceptors (Lipinski definition) is 5. The van der Waals surface area contributed by atoms with Crippen LogP contribution in [-0.4, -0.2) is 81.8 Å². The molecular formula is C27H31N5O3S. The van der Waals surface area contributed by atoms with Crippen molar-refractivity contribution < 1.29 is 14.4 Å². The Hall–Kier alpha value is -3.48. The van der Waals surface area contributed by atoms with E-state index in [9.17, 15) is 14.4 Å². The Morgan fingerprint density at radius 3 is 2.42 bits per heavy atom. The van der Waals surface area contributed by atoms with Gasteiger partial charge in [-0.2, -0.15) is 16.8 Å². The molecule has 2 fully saturated rings. The number of nitrogens with zero attached hydrogens (tertiary/aromatic N) is 4. The lowest BCUT2D eigenvalue weighted by Crippen LogP contribution is -2.76. The van der Waals surface area contributed by atoms with Gasteiger partial charge in [0.2, 0.25) is 11.8 Å². The van der Waals surface area contributed by atoms with E-state index in [4.69, 9.17) is 6.42 Å². The van der Waals surface area contributed by atoms with E-state index in [1.807, 2.05) is 48.5 Å². The minimum Gasteiger partial charge on any atom is -0.336 e. The number of hydrazine groups is 1. The van der Waals surface area contributed by atoms with Gasteiger partial charge in [-0.1, -0.05) is 66.6 Å². The van der Waals surface area contributed by atoms with Crippen LogP contribution in [0.4, 0.5) is 4.79 Å². The summed E-state index contributed by atoms with van der Waals surface area (Å²) >= 11 is 1.75. The predicted molar refractivity (Wildman–Crippen MR) is 140 cm³/mol. The number of amides is 4. The van der Waals surface area contributed by atoms with Crippen LogP contribution in [0.25, 0.3) is 0 Å². The smallest absolute Gasteiger partial charge is 0.334 e. The van der Waals surface area contributed by atoms with Gasteiger partial charge >= 0.3 is 6.03 Å². The lowest BCUT2D eigenvalue weighted by molar-refractivity contribution is -0.187. The minimum atomic E-state index is -0.659. The van der Waals surface area contributed by atoms with Crippen molar-refractivity contribution in [3.63, 3.8) is 0 Å². The van der Waals surface area contributed by atoms with Crippen LogP contribution in [0, 0.1) is 12.3 Å². The molecule has 36 heavy (non-hydrogen) atoms.